The third-order valence-electron chi connectivity index (χ3n) is 3.97. The molecule has 1 amide bonds. The molecule has 148 valence electrons. The molecule has 3 rings (SSSR count). The number of hydrogen-bond donors (Lipinski definition) is 1. The van der Waals surface area contributed by atoms with E-state index in [2.05, 4.69) is 10.3 Å². The van der Waals surface area contributed by atoms with Crippen LogP contribution in [0.1, 0.15) is 25.1 Å². The first-order chi connectivity index (χ1) is 13.6. The molecule has 8 heteroatoms. The van der Waals surface area contributed by atoms with Crippen LogP contribution in [-0.2, 0) is 11.2 Å². The molecule has 1 N–H and O–H groups in total. The largest absolute Gasteiger partial charge is 0.490 e. The van der Waals surface area contributed by atoms with E-state index < -0.39 is 0 Å². The van der Waals surface area contributed by atoms with Crippen LogP contribution in [0.3, 0.4) is 0 Å². The number of ether oxygens (including phenoxy) is 2. The summed E-state index contributed by atoms with van der Waals surface area (Å²) >= 11 is 7.61. The Morgan fingerprint density at radius 1 is 1.29 bits per heavy atom. The zero-order chi connectivity index (χ0) is 19.9. The summed E-state index contributed by atoms with van der Waals surface area (Å²) in [7, 11) is 0. The minimum absolute atomic E-state index is 0.183. The number of aromatic nitrogens is 2. The van der Waals surface area contributed by atoms with Gasteiger partial charge in [0, 0.05) is 24.2 Å². The second-order valence-corrected chi connectivity index (χ2v) is 7.10. The number of rotatable bonds is 9. The topological polar surface area (TPSA) is 64.9 Å². The van der Waals surface area contributed by atoms with Crippen molar-refractivity contribution in [2.24, 2.45) is 0 Å². The predicted molar refractivity (Wildman–Crippen MR) is 113 cm³/mol. The van der Waals surface area contributed by atoms with Crippen LogP contribution in [0.4, 0.5) is 0 Å². The van der Waals surface area contributed by atoms with Crippen molar-refractivity contribution in [1.29, 1.82) is 0 Å². The van der Waals surface area contributed by atoms with Gasteiger partial charge in [-0.3, -0.25) is 9.20 Å². The average molecular weight is 420 g/mol. The lowest BCUT2D eigenvalue weighted by Crippen LogP contribution is -2.23. The summed E-state index contributed by atoms with van der Waals surface area (Å²) < 4.78 is 13.1. The van der Waals surface area contributed by atoms with E-state index in [1.165, 1.54) is 17.4 Å². The summed E-state index contributed by atoms with van der Waals surface area (Å²) in [5.74, 6) is 1.28. The van der Waals surface area contributed by atoms with Crippen molar-refractivity contribution in [2.45, 2.75) is 20.3 Å². The van der Waals surface area contributed by atoms with Gasteiger partial charge >= 0.3 is 0 Å². The highest BCUT2D eigenvalue weighted by atomic mass is 35.5. The van der Waals surface area contributed by atoms with Crippen molar-refractivity contribution in [2.75, 3.05) is 19.8 Å². The van der Waals surface area contributed by atoms with E-state index in [1.807, 2.05) is 48.0 Å². The number of thiazole rings is 1. The Labute approximate surface area is 172 Å². The lowest BCUT2D eigenvalue weighted by molar-refractivity contribution is -0.116. The van der Waals surface area contributed by atoms with E-state index in [-0.39, 0.29) is 5.91 Å². The summed E-state index contributed by atoms with van der Waals surface area (Å²) in [4.78, 5) is 17.1. The lowest BCUT2D eigenvalue weighted by atomic mass is 10.1. The number of carbonyl (C=O) groups is 1. The number of fused-ring (bicyclic) bond motifs is 1. The molecule has 0 aliphatic rings. The molecule has 0 fully saturated rings. The predicted octanol–water partition coefficient (Wildman–Crippen LogP) is 4.22. The number of carbonyl (C=O) groups excluding carboxylic acids is 1. The Balaban J connectivity index is 1.56. The molecule has 28 heavy (non-hydrogen) atoms. The SMILES string of the molecule is CCOc1ccc(CCNC(=O)/C=C/c2c(Cl)nc3sccn23)cc1OCC. The molecule has 0 atom stereocenters. The van der Waals surface area contributed by atoms with Crippen LogP contribution in [0.2, 0.25) is 5.15 Å². The maximum atomic E-state index is 12.1. The second-order valence-electron chi connectivity index (χ2n) is 5.86. The summed E-state index contributed by atoms with van der Waals surface area (Å²) in [6.45, 7) is 5.54. The smallest absolute Gasteiger partial charge is 0.244 e. The van der Waals surface area contributed by atoms with E-state index >= 15 is 0 Å². The fourth-order valence-corrected chi connectivity index (χ4v) is 3.73. The monoisotopic (exact) mass is 419 g/mol. The highest BCUT2D eigenvalue weighted by molar-refractivity contribution is 7.15. The summed E-state index contributed by atoms with van der Waals surface area (Å²) in [5, 5.41) is 5.18. The molecule has 0 radical (unpaired) electrons. The first-order valence-electron chi connectivity index (χ1n) is 9.07. The molecule has 6 nitrogen and oxygen atoms in total. The molecule has 0 spiro atoms. The minimum atomic E-state index is -0.183. The van der Waals surface area contributed by atoms with Gasteiger partial charge in [-0.25, -0.2) is 4.98 Å². The molecule has 0 bridgehead atoms. The third kappa shape index (κ3) is 4.85. The van der Waals surface area contributed by atoms with E-state index in [0.29, 0.717) is 37.0 Å². The number of imidazole rings is 1. The van der Waals surface area contributed by atoms with Crippen LogP contribution >= 0.6 is 22.9 Å². The normalized spacial score (nSPS) is 11.2. The van der Waals surface area contributed by atoms with E-state index in [9.17, 15) is 4.79 Å². The lowest BCUT2D eigenvalue weighted by Gasteiger charge is -2.12. The number of nitrogens with zero attached hydrogens (tertiary/aromatic N) is 2. The van der Waals surface area contributed by atoms with Gasteiger partial charge < -0.3 is 14.8 Å². The number of nitrogens with one attached hydrogen (secondary N) is 1. The average Bonchev–Trinajstić information content (AvgIpc) is 3.23. The molecule has 0 aliphatic carbocycles. The van der Waals surface area contributed by atoms with Crippen molar-refractivity contribution in [1.82, 2.24) is 14.7 Å². The van der Waals surface area contributed by atoms with Crippen molar-refractivity contribution < 1.29 is 14.3 Å². The summed E-state index contributed by atoms with van der Waals surface area (Å²) in [6.07, 6.45) is 5.71. The first kappa shape index (κ1) is 20.2. The van der Waals surface area contributed by atoms with Crippen molar-refractivity contribution in [3.63, 3.8) is 0 Å². The van der Waals surface area contributed by atoms with Crippen LogP contribution < -0.4 is 14.8 Å². The van der Waals surface area contributed by atoms with Crippen LogP contribution in [0.15, 0.2) is 35.9 Å². The van der Waals surface area contributed by atoms with E-state index in [1.54, 1.807) is 6.08 Å². The maximum Gasteiger partial charge on any atom is 0.244 e. The first-order valence-corrected chi connectivity index (χ1v) is 10.3. The minimum Gasteiger partial charge on any atom is -0.490 e. The molecular weight excluding hydrogens is 398 g/mol. The van der Waals surface area contributed by atoms with Gasteiger partial charge in [-0.2, -0.15) is 0 Å². The fraction of sp³-hybridized carbons (Fsp3) is 0.300. The molecule has 3 aromatic rings. The van der Waals surface area contributed by atoms with Gasteiger partial charge in [0.2, 0.25) is 5.91 Å². The molecule has 2 aromatic heterocycles. The number of halogens is 1. The van der Waals surface area contributed by atoms with Crippen molar-refractivity contribution in [3.05, 3.63) is 52.3 Å². The van der Waals surface area contributed by atoms with Gasteiger partial charge in [0.1, 0.15) is 0 Å². The standard InChI is InChI=1S/C20H22ClN3O3S/c1-3-26-16-7-5-14(13-17(16)27-4-2)9-10-22-18(25)8-6-15-19(21)23-20-24(15)11-12-28-20/h5-8,11-13H,3-4,9-10H2,1-2H3,(H,22,25)/b8-6+. The number of benzene rings is 1. The maximum absolute atomic E-state index is 12.1. The number of amides is 1. The molecule has 0 saturated heterocycles. The van der Waals surface area contributed by atoms with E-state index in [4.69, 9.17) is 21.1 Å². The second kappa shape index (κ2) is 9.61. The van der Waals surface area contributed by atoms with Gasteiger partial charge in [-0.15, -0.1) is 11.3 Å². The third-order valence-corrected chi connectivity index (χ3v) is 5.00. The molecule has 0 saturated carbocycles. The molecular formula is C20H22ClN3O3S. The van der Waals surface area contributed by atoms with Gasteiger partial charge in [0.05, 0.1) is 18.9 Å². The fourth-order valence-electron chi connectivity index (χ4n) is 2.72. The Hall–Kier alpha value is -2.51. The Kier molecular flexibility index (Phi) is 6.95. The van der Waals surface area contributed by atoms with Crippen LogP contribution in [0.5, 0.6) is 11.5 Å². The van der Waals surface area contributed by atoms with Gasteiger partial charge in [-0.05, 0) is 44.0 Å². The number of hydrogen-bond acceptors (Lipinski definition) is 5. The van der Waals surface area contributed by atoms with Crippen LogP contribution in [-0.4, -0.2) is 35.1 Å². The molecule has 2 heterocycles. The highest BCUT2D eigenvalue weighted by Gasteiger charge is 2.09. The molecule has 0 unspecified atom stereocenters. The van der Waals surface area contributed by atoms with Gasteiger partial charge in [-0.1, -0.05) is 17.7 Å². The van der Waals surface area contributed by atoms with Crippen LogP contribution in [0, 0.1) is 0 Å². The zero-order valence-corrected chi connectivity index (χ0v) is 17.3. The van der Waals surface area contributed by atoms with Crippen LogP contribution in [0.25, 0.3) is 11.0 Å². The molecule has 0 aliphatic heterocycles. The van der Waals surface area contributed by atoms with E-state index in [0.717, 1.165) is 22.0 Å². The summed E-state index contributed by atoms with van der Waals surface area (Å²) in [5.41, 5.74) is 1.76. The van der Waals surface area contributed by atoms with Crippen molar-refractivity contribution in [3.8, 4) is 11.5 Å². The zero-order valence-electron chi connectivity index (χ0n) is 15.8. The quantitative estimate of drug-likeness (QED) is 0.527. The Morgan fingerprint density at radius 2 is 2.07 bits per heavy atom. The summed E-state index contributed by atoms with van der Waals surface area (Å²) in [6, 6.07) is 5.84. The highest BCUT2D eigenvalue weighted by Crippen LogP contribution is 2.28. The van der Waals surface area contributed by atoms with Gasteiger partial charge in [0.25, 0.3) is 0 Å². The van der Waals surface area contributed by atoms with Gasteiger partial charge in [0.15, 0.2) is 21.6 Å². The Morgan fingerprint density at radius 3 is 2.86 bits per heavy atom. The Bertz CT molecular complexity index is 980. The molecule has 1 aromatic carbocycles. The van der Waals surface area contributed by atoms with Crippen molar-refractivity contribution >= 4 is 39.9 Å².